The van der Waals surface area contributed by atoms with Gasteiger partial charge in [0.1, 0.15) is 54.9 Å². The second kappa shape index (κ2) is 17.6. The highest BCUT2D eigenvalue weighted by atomic mass is 16.8. The van der Waals surface area contributed by atoms with Gasteiger partial charge in [-0.25, -0.2) is 0 Å². The summed E-state index contributed by atoms with van der Waals surface area (Å²) in [4.78, 5) is 12.2. The number of esters is 1. The molecule has 7 N–H and O–H groups in total. The molecule has 3 saturated carbocycles. The highest BCUT2D eigenvalue weighted by Crippen LogP contribution is 2.70. The fourth-order valence-electron chi connectivity index (χ4n) is 14.0. The molecule has 5 heterocycles. The maximum atomic E-state index is 12.2. The Hall–Kier alpha value is -1.39. The van der Waals surface area contributed by atoms with Crippen molar-refractivity contribution in [1.82, 2.24) is 0 Å². The number of carbonyl (C=O) groups excluding carboxylic acids is 1. The summed E-state index contributed by atoms with van der Waals surface area (Å²) < 4.78 is 56.1. The summed E-state index contributed by atoms with van der Waals surface area (Å²) in [5.41, 5.74) is 1.47. The molecule has 9 aliphatic rings. The average molecular weight is 897 g/mol. The van der Waals surface area contributed by atoms with Crippen LogP contribution in [0.1, 0.15) is 99.3 Å². The summed E-state index contributed by atoms with van der Waals surface area (Å²) in [5.74, 6) is 1.76. The summed E-state index contributed by atoms with van der Waals surface area (Å²) in [6.07, 6.45) is -9.80. The van der Waals surface area contributed by atoms with Gasteiger partial charge in [0.15, 0.2) is 30.8 Å². The van der Waals surface area contributed by atoms with Crippen molar-refractivity contribution >= 4 is 5.97 Å². The molecule has 0 amide bonds. The fraction of sp³-hybridized carbons (Fsp3) is 0.935. The predicted octanol–water partition coefficient (Wildman–Crippen LogP) is 1.42. The lowest BCUT2D eigenvalue weighted by molar-refractivity contribution is -0.390. The van der Waals surface area contributed by atoms with E-state index in [9.17, 15) is 40.5 Å². The Labute approximate surface area is 369 Å². The molecule has 0 aromatic heterocycles. The summed E-state index contributed by atoms with van der Waals surface area (Å²) in [6, 6.07) is 0. The molecule has 0 radical (unpaired) electrons. The SMILES string of the molecule is CC(=O)O[C@H]1[C@H](O[C@H]2[C@H](O[C@H]3CC[C@@]4(C)C(=CC[C@H]5[C@@H]6C[C@@H]7O[C@]8(CC[C@@H](C)CO8)[C@@H](C)[C@@H]7[C@@]6(C)CC[C@@H]54)C3)O[C@H](CO)[C@@H](O)[C@@H]2O[C@@H]2OC[C@@H](O)[C@H](O)[C@H]2O)O[C@@H](C)[C@H](O)[C@H]1O. The molecule has 25 atom stereocenters. The van der Waals surface area contributed by atoms with Crippen LogP contribution in [0.2, 0.25) is 0 Å². The minimum Gasteiger partial charge on any atom is -0.454 e. The molecule has 4 aliphatic carbocycles. The number of hydrogen-bond donors (Lipinski definition) is 7. The minimum absolute atomic E-state index is 0.0446. The first-order valence-corrected chi connectivity index (χ1v) is 23.7. The third-order valence-corrected chi connectivity index (χ3v) is 17.6. The molecule has 0 bridgehead atoms. The summed E-state index contributed by atoms with van der Waals surface area (Å²) in [6.45, 7) is 11.9. The lowest BCUT2D eigenvalue weighted by Crippen LogP contribution is -2.66. The standard InChI is InChI=1S/C46H72O17/c1-20-9-14-46(56-18-20)21(2)32-30(63-46)16-28-26-8-7-24-15-25(10-12-44(24,5)27(26)11-13-45(28,32)6)59-43-40(62-42-39(58-23(4)48)36(53)33(50)22(3)57-42)38(35(52)31(17-47)60-43)61-41-37(54)34(51)29(49)19-55-41/h7,20-22,25-43,47,49-54H,8-19H2,1-6H3/t20-,21+,22+,25+,26-,27+,28+,29-,30+,31-,32+,33+,34+,35-,36-,37-,38+,39-,40-,41+,42+,43-,44+,45+,46-/m1/s1. The van der Waals surface area contributed by atoms with E-state index in [-0.39, 0.29) is 23.5 Å². The molecule has 0 aromatic rings. The topological polar surface area (TPSA) is 242 Å². The molecule has 17 heteroatoms. The lowest BCUT2D eigenvalue weighted by Gasteiger charge is -2.59. The van der Waals surface area contributed by atoms with Crippen molar-refractivity contribution < 1.29 is 83.2 Å². The van der Waals surface area contributed by atoms with Crippen molar-refractivity contribution in [2.45, 2.75) is 203 Å². The Morgan fingerprint density at radius 1 is 0.794 bits per heavy atom. The molecular weight excluding hydrogens is 824 g/mol. The Bertz CT molecular complexity index is 1670. The quantitative estimate of drug-likeness (QED) is 0.135. The Morgan fingerprint density at radius 2 is 1.54 bits per heavy atom. The van der Waals surface area contributed by atoms with E-state index in [2.05, 4.69) is 33.8 Å². The van der Waals surface area contributed by atoms with E-state index in [0.717, 1.165) is 58.5 Å². The van der Waals surface area contributed by atoms with Crippen LogP contribution in [0, 0.1) is 46.3 Å². The third-order valence-electron chi connectivity index (χ3n) is 17.6. The molecular formula is C46H72O17. The zero-order valence-electron chi connectivity index (χ0n) is 37.5. The summed E-state index contributed by atoms with van der Waals surface area (Å²) in [5, 5.41) is 75.2. The van der Waals surface area contributed by atoms with Crippen molar-refractivity contribution in [2.24, 2.45) is 46.3 Å². The number of ether oxygens (including phenoxy) is 9. The van der Waals surface area contributed by atoms with Gasteiger partial charge >= 0.3 is 5.97 Å². The van der Waals surface area contributed by atoms with Crippen molar-refractivity contribution in [3.8, 4) is 0 Å². The first kappa shape index (κ1) is 46.7. The molecule has 63 heavy (non-hydrogen) atoms. The first-order valence-electron chi connectivity index (χ1n) is 23.7. The number of rotatable bonds is 8. The van der Waals surface area contributed by atoms with Crippen LogP contribution < -0.4 is 0 Å². The smallest absolute Gasteiger partial charge is 0.303 e. The number of carbonyl (C=O) groups is 1. The van der Waals surface area contributed by atoms with Crippen LogP contribution in [0.4, 0.5) is 0 Å². The van der Waals surface area contributed by atoms with Gasteiger partial charge in [-0.05, 0) is 98.7 Å². The van der Waals surface area contributed by atoms with Gasteiger partial charge in [0, 0.05) is 19.3 Å². The molecule has 0 aromatic carbocycles. The van der Waals surface area contributed by atoms with Crippen LogP contribution in [-0.4, -0.2) is 166 Å². The zero-order chi connectivity index (χ0) is 44.9. The molecule has 5 saturated heterocycles. The zero-order valence-corrected chi connectivity index (χ0v) is 37.5. The average Bonchev–Trinajstić information content (AvgIpc) is 3.70. The van der Waals surface area contributed by atoms with Gasteiger partial charge in [0.25, 0.3) is 0 Å². The van der Waals surface area contributed by atoms with Gasteiger partial charge < -0.3 is 78.4 Å². The summed E-state index contributed by atoms with van der Waals surface area (Å²) >= 11 is 0. The lowest BCUT2D eigenvalue weighted by atomic mass is 9.47. The number of aliphatic hydroxyl groups excluding tert-OH is 7. The van der Waals surface area contributed by atoms with Crippen LogP contribution in [0.3, 0.4) is 0 Å². The van der Waals surface area contributed by atoms with E-state index < -0.39 is 110 Å². The highest BCUT2D eigenvalue weighted by Gasteiger charge is 2.69. The van der Waals surface area contributed by atoms with Crippen LogP contribution in [0.25, 0.3) is 0 Å². The maximum Gasteiger partial charge on any atom is 0.303 e. The van der Waals surface area contributed by atoms with Crippen molar-refractivity contribution in [2.75, 3.05) is 19.8 Å². The monoisotopic (exact) mass is 896 g/mol. The number of aliphatic hydroxyl groups is 7. The normalized spacial score (nSPS) is 55.6. The molecule has 9 rings (SSSR count). The number of fused-ring (bicyclic) bond motifs is 7. The molecule has 17 nitrogen and oxygen atoms in total. The fourth-order valence-corrected chi connectivity index (χ4v) is 14.0. The third kappa shape index (κ3) is 7.97. The maximum absolute atomic E-state index is 12.2. The minimum atomic E-state index is -1.74. The second-order valence-corrected chi connectivity index (χ2v) is 21.2. The van der Waals surface area contributed by atoms with Gasteiger partial charge in [-0.2, -0.15) is 0 Å². The van der Waals surface area contributed by atoms with E-state index in [1.54, 1.807) is 0 Å². The number of allylic oxidation sites excluding steroid dienone is 1. The van der Waals surface area contributed by atoms with Crippen LogP contribution in [0.5, 0.6) is 0 Å². The number of hydrogen-bond acceptors (Lipinski definition) is 17. The second-order valence-electron chi connectivity index (χ2n) is 21.2. The van der Waals surface area contributed by atoms with Crippen LogP contribution >= 0.6 is 0 Å². The Morgan fingerprint density at radius 3 is 2.25 bits per heavy atom. The molecule has 5 aliphatic heterocycles. The van der Waals surface area contributed by atoms with E-state index in [1.165, 1.54) is 12.5 Å². The van der Waals surface area contributed by atoms with Crippen molar-refractivity contribution in [3.63, 3.8) is 0 Å². The van der Waals surface area contributed by atoms with Gasteiger partial charge in [-0.3, -0.25) is 4.79 Å². The predicted molar refractivity (Wildman–Crippen MR) is 218 cm³/mol. The van der Waals surface area contributed by atoms with Gasteiger partial charge in [0.05, 0.1) is 38.1 Å². The first-order chi connectivity index (χ1) is 29.9. The van der Waals surface area contributed by atoms with Crippen LogP contribution in [-0.2, 0) is 47.4 Å². The van der Waals surface area contributed by atoms with Crippen molar-refractivity contribution in [3.05, 3.63) is 11.6 Å². The molecule has 358 valence electrons. The Kier molecular flexibility index (Phi) is 13.1. The van der Waals surface area contributed by atoms with E-state index in [4.69, 9.17) is 42.6 Å². The molecule has 0 unspecified atom stereocenters. The Balaban J connectivity index is 0.949. The largest absolute Gasteiger partial charge is 0.454 e. The molecule has 8 fully saturated rings. The van der Waals surface area contributed by atoms with Crippen LogP contribution in [0.15, 0.2) is 11.6 Å². The highest BCUT2D eigenvalue weighted by molar-refractivity contribution is 5.66. The van der Waals surface area contributed by atoms with E-state index in [1.807, 2.05) is 0 Å². The summed E-state index contributed by atoms with van der Waals surface area (Å²) in [7, 11) is 0. The van der Waals surface area contributed by atoms with Gasteiger partial charge in [-0.1, -0.05) is 39.3 Å². The van der Waals surface area contributed by atoms with E-state index >= 15 is 0 Å². The van der Waals surface area contributed by atoms with E-state index in [0.29, 0.717) is 48.3 Å². The van der Waals surface area contributed by atoms with Gasteiger partial charge in [0.2, 0.25) is 0 Å². The van der Waals surface area contributed by atoms with Crippen molar-refractivity contribution in [1.29, 1.82) is 0 Å². The van der Waals surface area contributed by atoms with Gasteiger partial charge in [-0.15, -0.1) is 0 Å². The molecule has 1 spiro atoms.